The van der Waals surface area contributed by atoms with E-state index in [2.05, 4.69) is 41.5 Å². The van der Waals surface area contributed by atoms with E-state index in [-0.39, 0.29) is 5.97 Å². The smallest absolute Gasteiger partial charge is 0.340 e. The lowest BCUT2D eigenvalue weighted by Crippen LogP contribution is -2.21. The second-order valence-electron chi connectivity index (χ2n) is 5.99. The van der Waals surface area contributed by atoms with Crippen LogP contribution in [0, 0.1) is 0 Å². The third-order valence-electron chi connectivity index (χ3n) is 3.93. The Balaban J connectivity index is 1.80. The molecule has 0 unspecified atom stereocenters. The van der Waals surface area contributed by atoms with Crippen LogP contribution in [0.5, 0.6) is 0 Å². The number of nitrogens with two attached hydrogens (primary N) is 1. The lowest BCUT2D eigenvalue weighted by molar-refractivity contribution is 0.0527. The number of carbonyl (C=O) groups is 1. The van der Waals surface area contributed by atoms with Gasteiger partial charge in [0, 0.05) is 13.1 Å². The first-order chi connectivity index (χ1) is 12.1. The van der Waals surface area contributed by atoms with E-state index in [1.54, 1.807) is 13.0 Å². The molecule has 2 rings (SSSR count). The van der Waals surface area contributed by atoms with Gasteiger partial charge in [-0.3, -0.25) is 0 Å². The number of nitrogens with one attached hydrogen (secondary N) is 1. The number of para-hydroxylation sites is 1. The summed E-state index contributed by atoms with van der Waals surface area (Å²) in [7, 11) is 2.11. The second-order valence-corrected chi connectivity index (χ2v) is 5.99. The normalized spacial score (nSPS) is 10.7. The van der Waals surface area contributed by atoms with Gasteiger partial charge in [-0.1, -0.05) is 36.4 Å². The van der Waals surface area contributed by atoms with Crippen molar-refractivity contribution < 1.29 is 9.53 Å². The van der Waals surface area contributed by atoms with E-state index in [0.717, 1.165) is 31.7 Å². The zero-order chi connectivity index (χ0) is 18.1. The van der Waals surface area contributed by atoms with Gasteiger partial charge >= 0.3 is 5.97 Å². The number of esters is 1. The highest BCUT2D eigenvalue weighted by molar-refractivity contribution is 5.98. The molecule has 0 saturated carbocycles. The van der Waals surface area contributed by atoms with Crippen molar-refractivity contribution in [1.29, 1.82) is 0 Å². The molecule has 25 heavy (non-hydrogen) atoms. The number of ether oxygens (including phenoxy) is 1. The first-order valence-corrected chi connectivity index (χ1v) is 8.63. The van der Waals surface area contributed by atoms with Gasteiger partial charge in [-0.25, -0.2) is 4.79 Å². The average molecular weight is 341 g/mol. The summed E-state index contributed by atoms with van der Waals surface area (Å²) in [6, 6.07) is 15.8. The number of anilines is 2. The van der Waals surface area contributed by atoms with E-state index in [1.165, 1.54) is 5.56 Å². The number of rotatable bonds is 9. The van der Waals surface area contributed by atoms with Gasteiger partial charge in [0.25, 0.3) is 0 Å². The van der Waals surface area contributed by atoms with Crippen LogP contribution in [0.25, 0.3) is 0 Å². The Kier molecular flexibility index (Phi) is 7.29. The van der Waals surface area contributed by atoms with Gasteiger partial charge < -0.3 is 20.7 Å². The zero-order valence-electron chi connectivity index (χ0n) is 15.0. The number of nitrogen functional groups attached to an aromatic ring is 1. The molecule has 134 valence electrons. The Hall–Kier alpha value is -2.53. The fourth-order valence-electron chi connectivity index (χ4n) is 2.65. The molecule has 0 atom stereocenters. The van der Waals surface area contributed by atoms with E-state index in [1.807, 2.05) is 18.2 Å². The van der Waals surface area contributed by atoms with E-state index < -0.39 is 0 Å². The van der Waals surface area contributed by atoms with Crippen LogP contribution in [0.3, 0.4) is 0 Å². The quantitative estimate of drug-likeness (QED) is 0.416. The van der Waals surface area contributed by atoms with Gasteiger partial charge in [0.15, 0.2) is 0 Å². The second kappa shape index (κ2) is 9.69. The van der Waals surface area contributed by atoms with Gasteiger partial charge in [0.2, 0.25) is 0 Å². The molecule has 0 spiro atoms. The van der Waals surface area contributed by atoms with E-state index in [0.29, 0.717) is 17.9 Å². The molecule has 3 N–H and O–H groups in total. The minimum absolute atomic E-state index is 0.337. The van der Waals surface area contributed by atoms with Crippen LogP contribution < -0.4 is 11.1 Å². The summed E-state index contributed by atoms with van der Waals surface area (Å²) in [5.41, 5.74) is 9.02. The van der Waals surface area contributed by atoms with Gasteiger partial charge in [-0.2, -0.15) is 0 Å². The molecule has 0 heterocycles. The maximum Gasteiger partial charge on any atom is 0.340 e. The van der Waals surface area contributed by atoms with Crippen molar-refractivity contribution in [2.24, 2.45) is 0 Å². The lowest BCUT2D eigenvalue weighted by atomic mass is 10.1. The molecule has 0 fully saturated rings. The minimum Gasteiger partial charge on any atom is -0.462 e. The molecule has 0 aliphatic rings. The maximum atomic E-state index is 11.9. The molecule has 0 aliphatic carbocycles. The Morgan fingerprint density at radius 1 is 1.16 bits per heavy atom. The van der Waals surface area contributed by atoms with Crippen molar-refractivity contribution in [2.45, 2.75) is 19.9 Å². The molecule has 0 amide bonds. The molecular weight excluding hydrogens is 314 g/mol. The Morgan fingerprint density at radius 3 is 2.64 bits per heavy atom. The summed E-state index contributed by atoms with van der Waals surface area (Å²) in [5.74, 6) is -0.383. The summed E-state index contributed by atoms with van der Waals surface area (Å²) in [5, 5.41) is 3.31. The molecule has 0 bridgehead atoms. The molecule has 0 saturated heterocycles. The van der Waals surface area contributed by atoms with Crippen molar-refractivity contribution in [1.82, 2.24) is 4.90 Å². The van der Waals surface area contributed by atoms with Crippen LogP contribution >= 0.6 is 0 Å². The van der Waals surface area contributed by atoms with Crippen molar-refractivity contribution in [3.8, 4) is 0 Å². The number of hydrogen-bond donors (Lipinski definition) is 2. The summed E-state index contributed by atoms with van der Waals surface area (Å²) in [6.45, 7) is 4.81. The molecule has 2 aromatic carbocycles. The Bertz CT molecular complexity index is 674. The van der Waals surface area contributed by atoms with Crippen LogP contribution in [0.4, 0.5) is 11.4 Å². The van der Waals surface area contributed by atoms with Gasteiger partial charge in [0.1, 0.15) is 0 Å². The fraction of sp³-hybridized carbons (Fsp3) is 0.350. The standard InChI is InChI=1S/C20H27N3O2/c1-3-25-20(24)17-11-7-12-18(19(17)21)22-13-8-14-23(2)15-16-9-5-4-6-10-16/h4-7,9-12,22H,3,8,13-15,21H2,1-2H3. The Morgan fingerprint density at radius 2 is 1.92 bits per heavy atom. The summed E-state index contributed by atoms with van der Waals surface area (Å²) >= 11 is 0. The monoisotopic (exact) mass is 341 g/mol. The molecule has 5 nitrogen and oxygen atoms in total. The first-order valence-electron chi connectivity index (χ1n) is 8.63. The van der Waals surface area contributed by atoms with Gasteiger partial charge in [-0.05, 0) is 44.6 Å². The van der Waals surface area contributed by atoms with E-state index >= 15 is 0 Å². The third kappa shape index (κ3) is 5.80. The lowest BCUT2D eigenvalue weighted by Gasteiger charge is -2.17. The number of hydrogen-bond acceptors (Lipinski definition) is 5. The molecular formula is C20H27N3O2. The number of benzene rings is 2. The zero-order valence-corrected chi connectivity index (χ0v) is 15.0. The van der Waals surface area contributed by atoms with Crippen molar-refractivity contribution in [3.05, 3.63) is 59.7 Å². The van der Waals surface area contributed by atoms with Crippen LogP contribution in [0.15, 0.2) is 48.5 Å². The fourth-order valence-corrected chi connectivity index (χ4v) is 2.65. The SMILES string of the molecule is CCOC(=O)c1cccc(NCCCN(C)Cc2ccccc2)c1N. The molecule has 0 radical (unpaired) electrons. The number of nitrogens with zero attached hydrogens (tertiary/aromatic N) is 1. The van der Waals surface area contributed by atoms with Crippen LogP contribution in [0.1, 0.15) is 29.3 Å². The van der Waals surface area contributed by atoms with Crippen LogP contribution in [-0.2, 0) is 11.3 Å². The predicted molar refractivity (Wildman–Crippen MR) is 103 cm³/mol. The van der Waals surface area contributed by atoms with Crippen LogP contribution in [0.2, 0.25) is 0 Å². The minimum atomic E-state index is -0.383. The molecule has 5 heteroatoms. The van der Waals surface area contributed by atoms with Crippen molar-refractivity contribution in [2.75, 3.05) is 37.8 Å². The van der Waals surface area contributed by atoms with Crippen LogP contribution in [-0.4, -0.2) is 37.6 Å². The topological polar surface area (TPSA) is 67.6 Å². The van der Waals surface area contributed by atoms with Crippen molar-refractivity contribution in [3.63, 3.8) is 0 Å². The van der Waals surface area contributed by atoms with Crippen molar-refractivity contribution >= 4 is 17.3 Å². The molecule has 2 aromatic rings. The summed E-state index contributed by atoms with van der Waals surface area (Å²) in [4.78, 5) is 14.2. The molecule has 0 aliphatic heterocycles. The predicted octanol–water partition coefficient (Wildman–Crippen LogP) is 3.38. The van der Waals surface area contributed by atoms with E-state index in [4.69, 9.17) is 10.5 Å². The summed E-state index contributed by atoms with van der Waals surface area (Å²) in [6.07, 6.45) is 0.979. The highest BCUT2D eigenvalue weighted by Crippen LogP contribution is 2.23. The largest absolute Gasteiger partial charge is 0.462 e. The highest BCUT2D eigenvalue weighted by atomic mass is 16.5. The Labute approximate surface area is 149 Å². The maximum absolute atomic E-state index is 11.9. The number of carbonyl (C=O) groups excluding carboxylic acids is 1. The van der Waals surface area contributed by atoms with E-state index in [9.17, 15) is 4.79 Å². The third-order valence-corrected chi connectivity index (χ3v) is 3.93. The summed E-state index contributed by atoms with van der Waals surface area (Å²) < 4.78 is 5.02. The first kappa shape index (κ1) is 18.8. The average Bonchev–Trinajstić information content (AvgIpc) is 2.61. The van der Waals surface area contributed by atoms with Gasteiger partial charge in [-0.15, -0.1) is 0 Å². The highest BCUT2D eigenvalue weighted by Gasteiger charge is 2.13. The molecule has 0 aromatic heterocycles. The van der Waals surface area contributed by atoms with Gasteiger partial charge in [0.05, 0.1) is 23.5 Å².